The monoisotopic (exact) mass is 443 g/mol. The Morgan fingerprint density at radius 3 is 2.55 bits per heavy atom. The second-order valence-corrected chi connectivity index (χ2v) is 5.90. The van der Waals surface area contributed by atoms with Gasteiger partial charge in [-0.05, 0) is 74.9 Å². The van der Waals surface area contributed by atoms with Crippen LogP contribution in [0.4, 0.5) is 0 Å². The Morgan fingerprint density at radius 2 is 1.95 bits per heavy atom. The fraction of sp³-hybridized carbons (Fsp3) is 0. The van der Waals surface area contributed by atoms with Crippen LogP contribution in [0.2, 0.25) is 0 Å². The Hall–Kier alpha value is -1.59. The summed E-state index contributed by atoms with van der Waals surface area (Å²) in [5, 5.41) is 18.0. The van der Waals surface area contributed by atoms with Gasteiger partial charge in [-0.3, -0.25) is 0 Å². The molecule has 2 aromatic carbocycles. The molecule has 0 bridgehead atoms. The van der Waals surface area contributed by atoms with Crippen molar-refractivity contribution >= 4 is 44.5 Å². The van der Waals surface area contributed by atoms with E-state index in [0.717, 1.165) is 3.57 Å². The summed E-state index contributed by atoms with van der Waals surface area (Å²) in [6.45, 7) is 0. The predicted molar refractivity (Wildman–Crippen MR) is 85.0 cm³/mol. The van der Waals surface area contributed by atoms with Crippen LogP contribution in [0.1, 0.15) is 15.9 Å². The highest BCUT2D eigenvalue weighted by atomic mass is 127. The third-order valence-corrected chi connectivity index (χ3v) is 3.74. The number of nitrogens with zero attached hydrogens (tertiary/aromatic N) is 1. The van der Waals surface area contributed by atoms with Gasteiger partial charge in [0.2, 0.25) is 0 Å². The second-order valence-electron chi connectivity index (χ2n) is 3.80. The molecule has 2 aromatic rings. The smallest absolute Gasteiger partial charge is 0.339 e. The van der Waals surface area contributed by atoms with Crippen molar-refractivity contribution < 1.29 is 14.6 Å². The van der Waals surface area contributed by atoms with Gasteiger partial charge in [-0.15, -0.1) is 0 Å². The number of hydrogen-bond donors (Lipinski definition) is 1. The van der Waals surface area contributed by atoms with Crippen molar-refractivity contribution in [2.45, 2.75) is 0 Å². The molecule has 0 atom stereocenters. The normalized spacial score (nSPS) is 9.85. The second kappa shape index (κ2) is 6.24. The number of halogens is 2. The van der Waals surface area contributed by atoms with Gasteiger partial charge >= 0.3 is 5.97 Å². The molecule has 0 saturated heterocycles. The molecule has 4 nitrogen and oxygen atoms in total. The molecule has 0 heterocycles. The van der Waals surface area contributed by atoms with Crippen LogP contribution in [-0.2, 0) is 0 Å². The highest BCUT2D eigenvalue weighted by Gasteiger charge is 2.14. The number of carboxylic acid groups (broad SMARTS) is 1. The Balaban J connectivity index is 2.40. The minimum atomic E-state index is -1.05. The number of ether oxygens (including phenoxy) is 1. The molecule has 0 unspecified atom stereocenters. The average molecular weight is 444 g/mol. The molecule has 0 saturated carbocycles. The summed E-state index contributed by atoms with van der Waals surface area (Å²) in [7, 11) is 0. The first-order valence-corrected chi connectivity index (χ1v) is 7.29. The summed E-state index contributed by atoms with van der Waals surface area (Å²) in [6, 6.07) is 11.8. The molecule has 2 rings (SSSR count). The van der Waals surface area contributed by atoms with Crippen LogP contribution >= 0.6 is 38.5 Å². The van der Waals surface area contributed by atoms with Crippen LogP contribution in [0, 0.1) is 14.9 Å². The molecule has 0 fully saturated rings. The number of hydrogen-bond acceptors (Lipinski definition) is 3. The van der Waals surface area contributed by atoms with Gasteiger partial charge in [-0.25, -0.2) is 4.79 Å². The molecule has 100 valence electrons. The standard InChI is InChI=1S/C14H7BrINO3/c15-11-5-8(7-17)1-3-13(11)20-12-4-2-9(16)6-10(12)14(18)19/h1-6H,(H,18,19). The molecular formula is C14H7BrINO3. The summed E-state index contributed by atoms with van der Waals surface area (Å²) >= 11 is 5.33. The molecule has 6 heteroatoms. The zero-order valence-corrected chi connectivity index (χ0v) is 13.7. The Kier molecular flexibility index (Phi) is 4.62. The van der Waals surface area contributed by atoms with E-state index < -0.39 is 5.97 Å². The maximum Gasteiger partial charge on any atom is 0.339 e. The largest absolute Gasteiger partial charge is 0.478 e. The topological polar surface area (TPSA) is 70.3 Å². The molecule has 20 heavy (non-hydrogen) atoms. The lowest BCUT2D eigenvalue weighted by molar-refractivity contribution is 0.0694. The summed E-state index contributed by atoms with van der Waals surface area (Å²) in [5.41, 5.74) is 0.582. The lowest BCUT2D eigenvalue weighted by atomic mass is 10.2. The van der Waals surface area contributed by atoms with Gasteiger partial charge in [0, 0.05) is 3.57 Å². The molecule has 0 aliphatic rings. The van der Waals surface area contributed by atoms with Crippen LogP contribution in [0.3, 0.4) is 0 Å². The number of carbonyl (C=O) groups is 1. The first-order chi connectivity index (χ1) is 9.51. The summed E-state index contributed by atoms with van der Waals surface area (Å²) in [4.78, 5) is 11.2. The number of aromatic carboxylic acids is 1. The van der Waals surface area contributed by atoms with E-state index in [4.69, 9.17) is 10.00 Å². The van der Waals surface area contributed by atoms with Crippen LogP contribution in [0.15, 0.2) is 40.9 Å². The highest BCUT2D eigenvalue weighted by molar-refractivity contribution is 14.1. The minimum Gasteiger partial charge on any atom is -0.478 e. The number of benzene rings is 2. The molecule has 0 aromatic heterocycles. The quantitative estimate of drug-likeness (QED) is 0.713. The number of nitriles is 1. The number of carboxylic acids is 1. The molecule has 0 radical (unpaired) electrons. The third kappa shape index (κ3) is 3.29. The van der Waals surface area contributed by atoms with Gasteiger partial charge in [0.15, 0.2) is 0 Å². The van der Waals surface area contributed by atoms with Crippen molar-refractivity contribution in [3.05, 3.63) is 55.6 Å². The highest BCUT2D eigenvalue weighted by Crippen LogP contribution is 2.32. The molecule has 0 amide bonds. The fourth-order valence-electron chi connectivity index (χ4n) is 1.53. The molecular weight excluding hydrogens is 437 g/mol. The van der Waals surface area contributed by atoms with Crippen molar-refractivity contribution in [1.82, 2.24) is 0 Å². The van der Waals surface area contributed by atoms with Gasteiger partial charge in [-0.1, -0.05) is 0 Å². The zero-order chi connectivity index (χ0) is 14.7. The maximum atomic E-state index is 11.2. The Bertz CT molecular complexity index is 725. The van der Waals surface area contributed by atoms with E-state index in [9.17, 15) is 9.90 Å². The molecule has 0 aliphatic carbocycles. The summed E-state index contributed by atoms with van der Waals surface area (Å²) < 4.78 is 7.02. The van der Waals surface area contributed by atoms with Gasteiger partial charge < -0.3 is 9.84 Å². The third-order valence-electron chi connectivity index (χ3n) is 2.45. The summed E-state index contributed by atoms with van der Waals surface area (Å²) in [5.74, 6) is -0.348. The fourth-order valence-corrected chi connectivity index (χ4v) is 2.48. The molecule has 0 spiro atoms. The van der Waals surface area contributed by atoms with E-state index in [1.54, 1.807) is 30.3 Å². The van der Waals surface area contributed by atoms with Crippen LogP contribution in [-0.4, -0.2) is 11.1 Å². The average Bonchev–Trinajstić information content (AvgIpc) is 2.42. The van der Waals surface area contributed by atoms with E-state index in [2.05, 4.69) is 15.9 Å². The van der Waals surface area contributed by atoms with Gasteiger partial charge in [0.1, 0.15) is 17.1 Å². The SMILES string of the molecule is N#Cc1ccc(Oc2ccc(I)cc2C(=O)O)c(Br)c1. The van der Waals surface area contributed by atoms with Gasteiger partial charge in [0.25, 0.3) is 0 Å². The first kappa shape index (κ1) is 14.8. The Morgan fingerprint density at radius 1 is 1.25 bits per heavy atom. The van der Waals surface area contributed by atoms with Gasteiger partial charge in [0.05, 0.1) is 16.1 Å². The van der Waals surface area contributed by atoms with E-state index >= 15 is 0 Å². The lowest BCUT2D eigenvalue weighted by Crippen LogP contribution is -2.00. The van der Waals surface area contributed by atoms with Crippen LogP contribution < -0.4 is 4.74 Å². The van der Waals surface area contributed by atoms with Crippen molar-refractivity contribution in [1.29, 1.82) is 5.26 Å². The minimum absolute atomic E-state index is 0.0909. The van der Waals surface area contributed by atoms with E-state index in [1.165, 1.54) is 6.07 Å². The van der Waals surface area contributed by atoms with E-state index in [-0.39, 0.29) is 11.3 Å². The van der Waals surface area contributed by atoms with Crippen molar-refractivity contribution in [2.24, 2.45) is 0 Å². The molecule has 0 aliphatic heterocycles. The number of rotatable bonds is 3. The van der Waals surface area contributed by atoms with Gasteiger partial charge in [-0.2, -0.15) is 5.26 Å². The van der Waals surface area contributed by atoms with E-state index in [1.807, 2.05) is 28.7 Å². The van der Waals surface area contributed by atoms with Crippen molar-refractivity contribution in [3.8, 4) is 17.6 Å². The Labute approximate surface area is 137 Å². The van der Waals surface area contributed by atoms with Crippen molar-refractivity contribution in [3.63, 3.8) is 0 Å². The predicted octanol–water partition coefficient (Wildman–Crippen LogP) is 4.42. The van der Waals surface area contributed by atoms with E-state index in [0.29, 0.717) is 15.8 Å². The van der Waals surface area contributed by atoms with Crippen LogP contribution in [0.25, 0.3) is 0 Å². The molecule has 1 N–H and O–H groups in total. The lowest BCUT2D eigenvalue weighted by Gasteiger charge is -2.10. The van der Waals surface area contributed by atoms with Crippen LogP contribution in [0.5, 0.6) is 11.5 Å². The van der Waals surface area contributed by atoms with Crippen molar-refractivity contribution in [2.75, 3.05) is 0 Å². The maximum absolute atomic E-state index is 11.2. The summed E-state index contributed by atoms with van der Waals surface area (Å²) in [6.07, 6.45) is 0. The zero-order valence-electron chi connectivity index (χ0n) is 9.93. The first-order valence-electron chi connectivity index (χ1n) is 5.41.